The van der Waals surface area contributed by atoms with Crippen molar-refractivity contribution in [1.29, 1.82) is 0 Å². The zero-order valence-corrected chi connectivity index (χ0v) is 13.7. The molecule has 0 spiro atoms. The Labute approximate surface area is 142 Å². The van der Waals surface area contributed by atoms with Gasteiger partial charge in [-0.3, -0.25) is 4.79 Å². The zero-order chi connectivity index (χ0) is 16.3. The van der Waals surface area contributed by atoms with Crippen LogP contribution < -0.4 is 0 Å². The second kappa shape index (κ2) is 7.14. The summed E-state index contributed by atoms with van der Waals surface area (Å²) in [7, 11) is 0. The number of carbonyl (C=O) groups is 2. The molecule has 3 nitrogen and oxygen atoms in total. The molecule has 0 heterocycles. The number of hydrogen-bond donors (Lipinski definition) is 0. The summed E-state index contributed by atoms with van der Waals surface area (Å²) in [6.07, 6.45) is -0.928. The Hall–Kier alpha value is -1.55. The fourth-order valence-corrected chi connectivity index (χ4v) is 2.18. The van der Waals surface area contributed by atoms with E-state index in [4.69, 9.17) is 39.5 Å². The molecule has 0 saturated carbocycles. The fraction of sp³-hybridized carbons (Fsp3) is 0.125. The van der Waals surface area contributed by atoms with E-state index in [1.54, 1.807) is 24.3 Å². The molecule has 1 atom stereocenters. The predicted octanol–water partition coefficient (Wildman–Crippen LogP) is 5.08. The molecule has 6 heteroatoms. The Balaban J connectivity index is 2.08. The Bertz CT molecular complexity index is 711. The quantitative estimate of drug-likeness (QED) is 0.566. The summed E-state index contributed by atoms with van der Waals surface area (Å²) in [6, 6.07) is 10.7. The van der Waals surface area contributed by atoms with E-state index in [-0.39, 0.29) is 16.4 Å². The minimum absolute atomic E-state index is 0.227. The number of Topliss-reactive ketones (excluding diaryl/α,β-unsaturated/α-hetero) is 1. The summed E-state index contributed by atoms with van der Waals surface area (Å²) in [4.78, 5) is 24.2. The standard InChI is InChI=1S/C16H11Cl3O3/c1-9(15(20)10-2-5-12(17)6-3-10)22-16(21)11-4-7-13(18)14(19)8-11/h2-9H,1H3/t9-/m0/s1. The van der Waals surface area contributed by atoms with Gasteiger partial charge >= 0.3 is 5.97 Å². The fourth-order valence-electron chi connectivity index (χ4n) is 1.75. The maximum Gasteiger partial charge on any atom is 0.338 e. The van der Waals surface area contributed by atoms with Crippen molar-refractivity contribution in [3.8, 4) is 0 Å². The first-order valence-corrected chi connectivity index (χ1v) is 7.47. The lowest BCUT2D eigenvalue weighted by atomic mass is 10.1. The van der Waals surface area contributed by atoms with E-state index in [2.05, 4.69) is 0 Å². The maximum atomic E-state index is 12.2. The van der Waals surface area contributed by atoms with Gasteiger partial charge in [-0.2, -0.15) is 0 Å². The smallest absolute Gasteiger partial charge is 0.338 e. The lowest BCUT2D eigenvalue weighted by Gasteiger charge is -2.12. The summed E-state index contributed by atoms with van der Waals surface area (Å²) in [6.45, 7) is 1.51. The van der Waals surface area contributed by atoms with Crippen LogP contribution in [0.15, 0.2) is 42.5 Å². The molecule has 114 valence electrons. The molecule has 0 amide bonds. The molecular formula is C16H11Cl3O3. The molecule has 0 aliphatic heterocycles. The van der Waals surface area contributed by atoms with Gasteiger partial charge in [0.2, 0.25) is 5.78 Å². The van der Waals surface area contributed by atoms with Crippen molar-refractivity contribution in [2.24, 2.45) is 0 Å². The Morgan fingerprint density at radius 3 is 2.09 bits per heavy atom. The first-order chi connectivity index (χ1) is 10.4. The molecule has 0 aliphatic rings. The highest BCUT2D eigenvalue weighted by Crippen LogP contribution is 2.23. The van der Waals surface area contributed by atoms with Gasteiger partial charge in [-0.25, -0.2) is 4.79 Å². The number of carbonyl (C=O) groups excluding carboxylic acids is 2. The molecule has 0 radical (unpaired) electrons. The van der Waals surface area contributed by atoms with Crippen molar-refractivity contribution in [3.05, 3.63) is 68.7 Å². The number of benzene rings is 2. The van der Waals surface area contributed by atoms with Crippen LogP contribution in [0.3, 0.4) is 0 Å². The van der Waals surface area contributed by atoms with Gasteiger partial charge in [0.05, 0.1) is 15.6 Å². The molecule has 0 aromatic heterocycles. The number of ketones is 1. The Morgan fingerprint density at radius 2 is 1.50 bits per heavy atom. The highest BCUT2D eigenvalue weighted by atomic mass is 35.5. The summed E-state index contributed by atoms with van der Waals surface area (Å²) >= 11 is 17.4. The molecule has 2 rings (SSSR count). The van der Waals surface area contributed by atoms with Crippen LogP contribution in [-0.4, -0.2) is 17.9 Å². The van der Waals surface area contributed by atoms with Crippen LogP contribution in [0.5, 0.6) is 0 Å². The highest BCUT2D eigenvalue weighted by molar-refractivity contribution is 6.42. The molecule has 0 N–H and O–H groups in total. The van der Waals surface area contributed by atoms with Crippen LogP contribution in [-0.2, 0) is 4.74 Å². The minimum atomic E-state index is -0.928. The third kappa shape index (κ3) is 4.01. The van der Waals surface area contributed by atoms with Crippen molar-refractivity contribution < 1.29 is 14.3 Å². The van der Waals surface area contributed by atoms with E-state index >= 15 is 0 Å². The predicted molar refractivity (Wildman–Crippen MR) is 87.1 cm³/mol. The van der Waals surface area contributed by atoms with Crippen molar-refractivity contribution in [2.45, 2.75) is 13.0 Å². The molecular weight excluding hydrogens is 347 g/mol. The van der Waals surface area contributed by atoms with Crippen LogP contribution in [0.2, 0.25) is 15.1 Å². The zero-order valence-electron chi connectivity index (χ0n) is 11.5. The first kappa shape index (κ1) is 16.8. The van der Waals surface area contributed by atoms with Gasteiger partial charge in [-0.15, -0.1) is 0 Å². The van der Waals surface area contributed by atoms with Gasteiger partial charge in [-0.1, -0.05) is 34.8 Å². The SMILES string of the molecule is C[C@H](OC(=O)c1ccc(Cl)c(Cl)c1)C(=O)c1ccc(Cl)cc1. The maximum absolute atomic E-state index is 12.2. The highest BCUT2D eigenvalue weighted by Gasteiger charge is 2.20. The Morgan fingerprint density at radius 1 is 0.909 bits per heavy atom. The van der Waals surface area contributed by atoms with E-state index in [9.17, 15) is 9.59 Å². The molecule has 2 aromatic rings. The lowest BCUT2D eigenvalue weighted by molar-refractivity contribution is 0.0319. The van der Waals surface area contributed by atoms with Crippen molar-refractivity contribution in [2.75, 3.05) is 0 Å². The molecule has 2 aromatic carbocycles. The van der Waals surface area contributed by atoms with Gasteiger partial charge < -0.3 is 4.74 Å². The molecule has 0 unspecified atom stereocenters. The van der Waals surface area contributed by atoms with Crippen molar-refractivity contribution in [1.82, 2.24) is 0 Å². The van der Waals surface area contributed by atoms with Gasteiger partial charge in [0, 0.05) is 10.6 Å². The molecule has 0 fully saturated rings. The van der Waals surface area contributed by atoms with E-state index in [1.807, 2.05) is 0 Å². The van der Waals surface area contributed by atoms with E-state index < -0.39 is 12.1 Å². The average Bonchev–Trinajstić information content (AvgIpc) is 2.50. The second-order valence-electron chi connectivity index (χ2n) is 4.55. The number of rotatable bonds is 4. The number of halogens is 3. The van der Waals surface area contributed by atoms with E-state index in [0.29, 0.717) is 15.6 Å². The van der Waals surface area contributed by atoms with Crippen LogP contribution in [0.4, 0.5) is 0 Å². The van der Waals surface area contributed by atoms with E-state index in [1.165, 1.54) is 25.1 Å². The van der Waals surface area contributed by atoms with Gasteiger partial charge in [0.1, 0.15) is 0 Å². The van der Waals surface area contributed by atoms with Gasteiger partial charge in [0.15, 0.2) is 6.10 Å². The Kier molecular flexibility index (Phi) is 5.46. The largest absolute Gasteiger partial charge is 0.451 e. The molecule has 0 aliphatic carbocycles. The third-order valence-corrected chi connectivity index (χ3v) is 3.93. The molecule has 0 bridgehead atoms. The summed E-state index contributed by atoms with van der Waals surface area (Å²) in [5.74, 6) is -0.960. The van der Waals surface area contributed by atoms with Crippen LogP contribution in [0, 0.1) is 0 Å². The average molecular weight is 358 g/mol. The van der Waals surface area contributed by atoms with Crippen LogP contribution in [0.25, 0.3) is 0 Å². The monoisotopic (exact) mass is 356 g/mol. The summed E-state index contributed by atoms with van der Waals surface area (Å²) < 4.78 is 5.15. The lowest BCUT2D eigenvalue weighted by Crippen LogP contribution is -2.24. The molecule has 0 saturated heterocycles. The normalized spacial score (nSPS) is 11.8. The first-order valence-electron chi connectivity index (χ1n) is 6.34. The number of esters is 1. The van der Waals surface area contributed by atoms with Gasteiger partial charge in [-0.05, 0) is 49.4 Å². The number of ether oxygens (including phenoxy) is 1. The summed E-state index contributed by atoms with van der Waals surface area (Å²) in [5.41, 5.74) is 0.643. The molecule has 22 heavy (non-hydrogen) atoms. The van der Waals surface area contributed by atoms with Crippen molar-refractivity contribution in [3.63, 3.8) is 0 Å². The third-order valence-electron chi connectivity index (χ3n) is 2.94. The van der Waals surface area contributed by atoms with Crippen LogP contribution in [0.1, 0.15) is 27.6 Å². The van der Waals surface area contributed by atoms with Gasteiger partial charge in [0.25, 0.3) is 0 Å². The van der Waals surface area contributed by atoms with E-state index in [0.717, 1.165) is 0 Å². The summed E-state index contributed by atoms with van der Waals surface area (Å²) in [5, 5.41) is 1.10. The minimum Gasteiger partial charge on any atom is -0.451 e. The van der Waals surface area contributed by atoms with Crippen molar-refractivity contribution >= 4 is 46.6 Å². The van der Waals surface area contributed by atoms with Crippen LogP contribution >= 0.6 is 34.8 Å². The number of hydrogen-bond acceptors (Lipinski definition) is 3. The topological polar surface area (TPSA) is 43.4 Å². The second-order valence-corrected chi connectivity index (χ2v) is 5.80.